The van der Waals surface area contributed by atoms with Crippen molar-refractivity contribution in [2.45, 2.75) is 100 Å². The number of alkyl halides is 10. The van der Waals surface area contributed by atoms with E-state index in [1.807, 2.05) is 77.9 Å². The molecule has 3 amide bonds. The molecule has 0 radical (unpaired) electrons. The molecular weight excluding hydrogens is 1050 g/mol. The zero-order valence-corrected chi connectivity index (χ0v) is 42.9. The number of benzene rings is 4. The standard InChI is InChI=1S/C25H29F3N2O2.C14H17NO3.C8H5F6N.C4H9I/c1-15(2)12-24(13-21(31)30(14-24)22-17(4)7-6-8-18(22)5)23(32)29-20-10-16(3)9-19(11-20)25(26,27)28;1-9-5-4-6-10(2)13(9)15-8-11(7-12(15)16)14(17)18-3;9-7(10,11)4-1-5(8(12,13)14)3-6(15)2-4;1-4(2)3-5/h6-11,15H,12-14H2,1-5H3,(H,29,32);4-6,11H,7-8H2,1-3H3;1-3H,15H2;4H,3H2,1-2H3. The van der Waals surface area contributed by atoms with Gasteiger partial charge in [0.05, 0.1) is 35.1 Å². The highest BCUT2D eigenvalue weighted by molar-refractivity contribution is 14.1. The van der Waals surface area contributed by atoms with Crippen LogP contribution in [-0.2, 0) is 42.4 Å². The number of nitrogens with two attached hydrogens (primary N) is 1. The Morgan fingerprint density at radius 3 is 1.57 bits per heavy atom. The first-order chi connectivity index (χ1) is 32.2. The minimum absolute atomic E-state index is 0.0113. The monoisotopic (exact) mass is 1110 g/mol. The number of anilines is 4. The number of esters is 1. The van der Waals surface area contributed by atoms with Gasteiger partial charge in [0.2, 0.25) is 17.7 Å². The van der Waals surface area contributed by atoms with Crippen LogP contribution in [0.4, 0.5) is 62.3 Å². The summed E-state index contributed by atoms with van der Waals surface area (Å²) in [5, 5.41) is 2.69. The number of nitrogen functional groups attached to an aromatic ring is 1. The molecule has 3 N–H and O–H groups in total. The van der Waals surface area contributed by atoms with Crippen LogP contribution in [0.5, 0.6) is 0 Å². The van der Waals surface area contributed by atoms with E-state index in [9.17, 15) is 58.7 Å². The molecule has 0 aliphatic carbocycles. The zero-order chi connectivity index (χ0) is 53.3. The molecule has 0 aromatic heterocycles. The Bertz CT molecular complexity index is 2420. The minimum Gasteiger partial charge on any atom is -0.469 e. The van der Waals surface area contributed by atoms with E-state index in [0.717, 1.165) is 51.7 Å². The molecule has 0 bridgehead atoms. The van der Waals surface area contributed by atoms with Gasteiger partial charge in [-0.3, -0.25) is 19.2 Å². The Morgan fingerprint density at radius 1 is 0.714 bits per heavy atom. The SMILES string of the molecule is CC(C)CI.COC(=O)C1CC(=O)N(c2c(C)cccc2C)C1.Cc1cc(NC(=O)C2(CC(C)C)CC(=O)N(c3c(C)cccc3C)C2)cc(C(F)(F)F)c1.Nc1cc(C(F)(F)F)cc(C(F)(F)F)c1. The summed E-state index contributed by atoms with van der Waals surface area (Å²) in [6.07, 6.45) is -13.5. The molecule has 2 unspecified atom stereocenters. The summed E-state index contributed by atoms with van der Waals surface area (Å²) in [6, 6.07) is 16.1. The van der Waals surface area contributed by atoms with E-state index in [1.165, 1.54) is 17.6 Å². The van der Waals surface area contributed by atoms with Crippen LogP contribution in [0.25, 0.3) is 0 Å². The second kappa shape index (κ2) is 24.2. The summed E-state index contributed by atoms with van der Waals surface area (Å²) in [5.41, 5.74) is 5.90. The van der Waals surface area contributed by atoms with Crippen molar-refractivity contribution in [1.82, 2.24) is 0 Å². The Balaban J connectivity index is 0.000000287. The lowest BCUT2D eigenvalue weighted by Gasteiger charge is -2.30. The molecular formula is C51H60F9IN4O5. The number of methoxy groups -OCH3 is 1. The number of carbonyl (C=O) groups excluding carboxylic acids is 4. The normalized spacial score (nSPS) is 17.1. The van der Waals surface area contributed by atoms with Crippen LogP contribution in [0.2, 0.25) is 0 Å². The number of nitrogens with one attached hydrogen (secondary N) is 1. The molecule has 19 heteroatoms. The van der Waals surface area contributed by atoms with Gasteiger partial charge in [-0.2, -0.15) is 39.5 Å². The first-order valence-corrected chi connectivity index (χ1v) is 23.7. The molecule has 4 aromatic rings. The lowest BCUT2D eigenvalue weighted by molar-refractivity contribution is -0.145. The molecule has 2 fully saturated rings. The van der Waals surface area contributed by atoms with Gasteiger partial charge in [0, 0.05) is 53.1 Å². The molecule has 2 aliphatic rings. The number of amides is 3. The summed E-state index contributed by atoms with van der Waals surface area (Å²) in [5.74, 6) is -0.253. The average Bonchev–Trinajstić information content (AvgIpc) is 3.78. The van der Waals surface area contributed by atoms with E-state index in [-0.39, 0.29) is 60.8 Å². The van der Waals surface area contributed by atoms with Crippen molar-refractivity contribution in [1.29, 1.82) is 0 Å². The molecule has 9 nitrogen and oxygen atoms in total. The fourth-order valence-electron chi connectivity index (χ4n) is 8.17. The molecule has 384 valence electrons. The summed E-state index contributed by atoms with van der Waals surface area (Å²) in [4.78, 5) is 53.4. The van der Waals surface area contributed by atoms with Crippen molar-refractivity contribution < 1.29 is 63.4 Å². The van der Waals surface area contributed by atoms with Gasteiger partial charge in [-0.15, -0.1) is 0 Å². The van der Waals surface area contributed by atoms with Gasteiger partial charge in [-0.05, 0) is 117 Å². The Hall–Kier alpha value is -5.34. The van der Waals surface area contributed by atoms with Gasteiger partial charge in [-0.25, -0.2) is 0 Å². The van der Waals surface area contributed by atoms with Crippen molar-refractivity contribution in [2.24, 2.45) is 23.2 Å². The molecule has 6 rings (SSSR count). The highest BCUT2D eigenvalue weighted by atomic mass is 127. The van der Waals surface area contributed by atoms with Gasteiger partial charge in [0.15, 0.2) is 0 Å². The van der Waals surface area contributed by atoms with Crippen LogP contribution in [0.15, 0.2) is 72.8 Å². The molecule has 2 atom stereocenters. The van der Waals surface area contributed by atoms with Gasteiger partial charge in [0.1, 0.15) is 0 Å². The lowest BCUT2D eigenvalue weighted by atomic mass is 9.78. The van der Waals surface area contributed by atoms with Crippen molar-refractivity contribution in [3.63, 3.8) is 0 Å². The number of halogens is 10. The van der Waals surface area contributed by atoms with E-state index in [2.05, 4.69) is 41.8 Å². The smallest absolute Gasteiger partial charge is 0.416 e. The number of hydrogen-bond acceptors (Lipinski definition) is 6. The molecule has 2 heterocycles. The van der Waals surface area contributed by atoms with Crippen LogP contribution in [0, 0.1) is 57.8 Å². The van der Waals surface area contributed by atoms with Gasteiger partial charge < -0.3 is 25.6 Å². The van der Waals surface area contributed by atoms with Crippen LogP contribution in [-0.4, -0.2) is 48.3 Å². The number of ether oxygens (including phenoxy) is 1. The van der Waals surface area contributed by atoms with Crippen molar-refractivity contribution in [3.05, 3.63) is 117 Å². The van der Waals surface area contributed by atoms with Crippen LogP contribution in [0.3, 0.4) is 0 Å². The number of nitrogens with zero attached hydrogens (tertiary/aromatic N) is 2. The third-order valence-electron chi connectivity index (χ3n) is 11.2. The minimum atomic E-state index is -4.84. The van der Waals surface area contributed by atoms with Crippen molar-refractivity contribution in [2.75, 3.05) is 45.5 Å². The van der Waals surface area contributed by atoms with E-state index in [1.54, 1.807) is 16.7 Å². The number of carbonyl (C=O) groups is 4. The molecule has 70 heavy (non-hydrogen) atoms. The topological polar surface area (TPSA) is 122 Å². The Kier molecular flexibility index (Phi) is 20.4. The molecule has 0 spiro atoms. The van der Waals surface area contributed by atoms with E-state index in [0.29, 0.717) is 30.7 Å². The number of aryl methyl sites for hydroxylation is 5. The second-order valence-corrected chi connectivity index (χ2v) is 19.3. The fourth-order valence-corrected chi connectivity index (χ4v) is 8.17. The van der Waals surface area contributed by atoms with Crippen LogP contribution in [0.1, 0.15) is 91.5 Å². The summed E-state index contributed by atoms with van der Waals surface area (Å²) >= 11 is 2.38. The first kappa shape index (κ1) is 59.0. The maximum absolute atomic E-state index is 13.5. The van der Waals surface area contributed by atoms with Crippen molar-refractivity contribution in [3.8, 4) is 0 Å². The predicted molar refractivity (Wildman–Crippen MR) is 263 cm³/mol. The quantitative estimate of drug-likeness (QED) is 0.0596. The lowest BCUT2D eigenvalue weighted by Crippen LogP contribution is -2.40. The maximum Gasteiger partial charge on any atom is 0.416 e. The maximum atomic E-state index is 13.5. The number of hydrogen-bond donors (Lipinski definition) is 2. The summed E-state index contributed by atoms with van der Waals surface area (Å²) in [7, 11) is 1.36. The van der Waals surface area contributed by atoms with Crippen LogP contribution >= 0.6 is 22.6 Å². The van der Waals surface area contributed by atoms with Gasteiger partial charge in [0.25, 0.3) is 0 Å². The Labute approximate surface area is 416 Å². The predicted octanol–water partition coefficient (Wildman–Crippen LogP) is 13.3. The van der Waals surface area contributed by atoms with E-state index < -0.39 is 52.2 Å². The molecule has 4 aromatic carbocycles. The highest BCUT2D eigenvalue weighted by Gasteiger charge is 2.50. The fraction of sp³-hybridized carbons (Fsp3) is 0.451. The highest BCUT2D eigenvalue weighted by Crippen LogP contribution is 2.43. The average molecular weight is 1110 g/mol. The van der Waals surface area contributed by atoms with Gasteiger partial charge in [-0.1, -0.05) is 86.7 Å². The number of para-hydroxylation sites is 2. The molecule has 0 saturated carbocycles. The van der Waals surface area contributed by atoms with Crippen molar-refractivity contribution >= 4 is 69.0 Å². The third-order valence-corrected chi connectivity index (χ3v) is 13.0. The summed E-state index contributed by atoms with van der Waals surface area (Å²) in [6.45, 7) is 18.3. The first-order valence-electron chi connectivity index (χ1n) is 22.2. The second-order valence-electron chi connectivity index (χ2n) is 18.4. The van der Waals surface area contributed by atoms with Crippen LogP contribution < -0.4 is 20.9 Å². The largest absolute Gasteiger partial charge is 0.469 e. The summed E-state index contributed by atoms with van der Waals surface area (Å²) < 4.78 is 118. The van der Waals surface area contributed by atoms with Gasteiger partial charge >= 0.3 is 24.5 Å². The molecule has 2 aliphatic heterocycles. The zero-order valence-electron chi connectivity index (χ0n) is 40.7. The van der Waals surface area contributed by atoms with E-state index in [4.69, 9.17) is 10.5 Å². The third kappa shape index (κ3) is 16.1. The molecule has 2 saturated heterocycles. The van der Waals surface area contributed by atoms with E-state index >= 15 is 0 Å². The number of rotatable bonds is 8. The Morgan fingerprint density at radius 2 is 1.16 bits per heavy atom.